The lowest BCUT2D eigenvalue weighted by Crippen LogP contribution is -2.34. The van der Waals surface area contributed by atoms with Crippen LogP contribution in [0, 0.1) is 19.7 Å². The number of carbonyl (C=O) groups is 1. The molecule has 0 bridgehead atoms. The largest absolute Gasteiger partial charge is 0.483 e. The Hall–Kier alpha value is -3.56. The van der Waals surface area contributed by atoms with Gasteiger partial charge in [-0.05, 0) is 63.2 Å². The van der Waals surface area contributed by atoms with Gasteiger partial charge in [-0.25, -0.2) is 9.37 Å². The summed E-state index contributed by atoms with van der Waals surface area (Å²) < 4.78 is 21.4. The lowest BCUT2D eigenvalue weighted by atomic mass is 10.0. The molecule has 0 aliphatic carbocycles. The molecule has 2 aromatic heterocycles. The van der Waals surface area contributed by atoms with E-state index in [1.165, 1.54) is 12.1 Å². The Balaban J connectivity index is 1.52. The highest BCUT2D eigenvalue weighted by Crippen LogP contribution is 2.29. The van der Waals surface area contributed by atoms with E-state index in [2.05, 4.69) is 15.0 Å². The minimum Gasteiger partial charge on any atom is -0.483 e. The highest BCUT2D eigenvalue weighted by Gasteiger charge is 2.24. The lowest BCUT2D eigenvalue weighted by molar-refractivity contribution is -0.134. The van der Waals surface area contributed by atoms with Crippen LogP contribution < -0.4 is 4.74 Å². The van der Waals surface area contributed by atoms with Crippen LogP contribution in [0.3, 0.4) is 0 Å². The topological polar surface area (TPSA) is 63.5 Å². The van der Waals surface area contributed by atoms with Crippen molar-refractivity contribution in [3.05, 3.63) is 87.4 Å². The number of benzene rings is 2. The van der Waals surface area contributed by atoms with Gasteiger partial charge in [-0.3, -0.25) is 14.4 Å². The molecular weight excluding hydrogens is 501 g/mol. The maximum absolute atomic E-state index is 13.5. The van der Waals surface area contributed by atoms with Crippen LogP contribution in [0.1, 0.15) is 41.2 Å². The predicted octanol–water partition coefficient (Wildman–Crippen LogP) is 5.53. The molecule has 0 spiro atoms. The number of rotatable bonds is 10. The van der Waals surface area contributed by atoms with Crippen LogP contribution in [0.2, 0.25) is 0 Å². The molecule has 2 aromatic carbocycles. The number of nitrogens with zero attached hydrogens (tertiary/aromatic N) is 5. The number of aryl methyl sites for hydroxylation is 2. The molecule has 0 N–H and O–H groups in total. The van der Waals surface area contributed by atoms with Gasteiger partial charge >= 0.3 is 0 Å². The minimum absolute atomic E-state index is 0.0854. The van der Waals surface area contributed by atoms with Gasteiger partial charge in [0.15, 0.2) is 6.61 Å². The molecule has 2 heterocycles. The van der Waals surface area contributed by atoms with E-state index in [4.69, 9.17) is 4.74 Å². The van der Waals surface area contributed by atoms with E-state index in [1.54, 1.807) is 35.4 Å². The number of hydrogen-bond acceptors (Lipinski definition) is 6. The molecule has 7 nitrogen and oxygen atoms in total. The number of thiazole rings is 1. The monoisotopic (exact) mass is 535 g/mol. The summed E-state index contributed by atoms with van der Waals surface area (Å²) in [4.78, 5) is 21.4. The zero-order valence-electron chi connectivity index (χ0n) is 22.7. The van der Waals surface area contributed by atoms with E-state index in [1.807, 2.05) is 68.6 Å². The van der Waals surface area contributed by atoms with E-state index in [0.717, 1.165) is 39.3 Å². The van der Waals surface area contributed by atoms with Crippen molar-refractivity contribution in [2.45, 2.75) is 39.9 Å². The van der Waals surface area contributed by atoms with Gasteiger partial charge in [0.25, 0.3) is 5.91 Å². The third kappa shape index (κ3) is 6.28. The summed E-state index contributed by atoms with van der Waals surface area (Å²) in [5.41, 5.74) is 8.63. The summed E-state index contributed by atoms with van der Waals surface area (Å²) in [6.07, 6.45) is 0. The zero-order chi connectivity index (χ0) is 27.4. The zero-order valence-corrected chi connectivity index (χ0v) is 23.6. The van der Waals surface area contributed by atoms with Crippen LogP contribution in [0.5, 0.6) is 5.75 Å². The van der Waals surface area contributed by atoms with Gasteiger partial charge in [-0.15, -0.1) is 11.3 Å². The first kappa shape index (κ1) is 27.5. The third-order valence-corrected chi connectivity index (χ3v) is 7.54. The molecule has 1 amide bonds. The molecule has 0 saturated heterocycles. The van der Waals surface area contributed by atoms with Crippen LogP contribution in [0.25, 0.3) is 11.1 Å². The second kappa shape index (κ2) is 11.9. The van der Waals surface area contributed by atoms with Crippen molar-refractivity contribution in [2.75, 3.05) is 20.7 Å². The first-order chi connectivity index (χ1) is 18.1. The number of amides is 1. The lowest BCUT2D eigenvalue weighted by Gasteiger charge is -2.26. The molecule has 1 atom stereocenters. The number of hydrogen-bond donors (Lipinski definition) is 0. The summed E-state index contributed by atoms with van der Waals surface area (Å²) in [6, 6.07) is 12.2. The highest BCUT2D eigenvalue weighted by atomic mass is 32.1. The number of carbonyl (C=O) groups excluding carboxylic acids is 1. The van der Waals surface area contributed by atoms with Gasteiger partial charge in [0.1, 0.15) is 11.6 Å². The summed E-state index contributed by atoms with van der Waals surface area (Å²) in [7, 11) is 5.72. The second-order valence-electron chi connectivity index (χ2n) is 9.66. The first-order valence-corrected chi connectivity index (χ1v) is 13.4. The SMILES string of the molecule is Cc1nn(C)c(C)c1C(C)N(C)C(=O)COc1ccc(-c2ccc(F)cc2)cc1CN(C)Cc1cscn1. The molecule has 9 heteroatoms. The van der Waals surface area contributed by atoms with Gasteiger partial charge in [-0.1, -0.05) is 18.2 Å². The summed E-state index contributed by atoms with van der Waals surface area (Å²) in [5, 5.41) is 6.52. The Morgan fingerprint density at radius 1 is 1.11 bits per heavy atom. The van der Waals surface area contributed by atoms with Crippen LogP contribution >= 0.6 is 11.3 Å². The van der Waals surface area contributed by atoms with Crippen molar-refractivity contribution >= 4 is 17.2 Å². The average molecular weight is 536 g/mol. The average Bonchev–Trinajstić information content (AvgIpc) is 3.49. The number of aromatic nitrogens is 3. The number of halogens is 1. The van der Waals surface area contributed by atoms with E-state index in [9.17, 15) is 9.18 Å². The second-order valence-corrected chi connectivity index (χ2v) is 10.4. The molecule has 0 aliphatic heterocycles. The van der Waals surface area contributed by atoms with Crippen LogP contribution in [-0.2, 0) is 24.9 Å². The van der Waals surface area contributed by atoms with Gasteiger partial charge in [0, 0.05) is 49.4 Å². The molecule has 38 heavy (non-hydrogen) atoms. The molecule has 4 rings (SSSR count). The molecule has 0 fully saturated rings. The van der Waals surface area contributed by atoms with Gasteiger partial charge in [0.2, 0.25) is 0 Å². The fraction of sp³-hybridized carbons (Fsp3) is 0.345. The summed E-state index contributed by atoms with van der Waals surface area (Å²) in [6.45, 7) is 7.18. The smallest absolute Gasteiger partial charge is 0.260 e. The molecule has 0 aliphatic rings. The Morgan fingerprint density at radius 3 is 2.45 bits per heavy atom. The normalized spacial score (nSPS) is 12.1. The van der Waals surface area contributed by atoms with Gasteiger partial charge in [-0.2, -0.15) is 5.10 Å². The van der Waals surface area contributed by atoms with Crippen molar-refractivity contribution < 1.29 is 13.9 Å². The Morgan fingerprint density at radius 2 is 1.82 bits per heavy atom. The number of likely N-dealkylation sites (N-methyl/N-ethyl adjacent to an activating group) is 1. The first-order valence-electron chi connectivity index (χ1n) is 12.5. The molecule has 0 saturated carbocycles. The van der Waals surface area contributed by atoms with Crippen LogP contribution in [-0.4, -0.2) is 51.2 Å². The number of ether oxygens (including phenoxy) is 1. The van der Waals surface area contributed by atoms with E-state index in [0.29, 0.717) is 18.8 Å². The Kier molecular flexibility index (Phi) is 8.58. The molecular formula is C29H34FN5O2S. The van der Waals surface area contributed by atoms with Crippen LogP contribution in [0.4, 0.5) is 4.39 Å². The maximum Gasteiger partial charge on any atom is 0.260 e. The van der Waals surface area contributed by atoms with E-state index in [-0.39, 0.29) is 24.4 Å². The van der Waals surface area contributed by atoms with Crippen molar-refractivity contribution in [3.8, 4) is 16.9 Å². The van der Waals surface area contributed by atoms with Crippen molar-refractivity contribution in [1.29, 1.82) is 0 Å². The molecule has 0 radical (unpaired) electrons. The minimum atomic E-state index is -0.273. The van der Waals surface area contributed by atoms with Crippen molar-refractivity contribution in [3.63, 3.8) is 0 Å². The standard InChI is InChI=1S/C29H34FN5O2S/c1-19-29(21(3)35(6)32-19)20(2)34(5)28(36)16-37-27-12-9-23(22-7-10-25(30)11-8-22)13-24(27)14-33(4)15-26-17-38-18-31-26/h7-13,17-18,20H,14-16H2,1-6H3. The predicted molar refractivity (Wildman–Crippen MR) is 148 cm³/mol. The summed E-state index contributed by atoms with van der Waals surface area (Å²) in [5.74, 6) is 0.249. The molecule has 1 unspecified atom stereocenters. The third-order valence-electron chi connectivity index (χ3n) is 6.90. The highest BCUT2D eigenvalue weighted by molar-refractivity contribution is 7.07. The van der Waals surface area contributed by atoms with E-state index >= 15 is 0 Å². The molecule has 200 valence electrons. The fourth-order valence-electron chi connectivity index (χ4n) is 4.65. The fourth-order valence-corrected chi connectivity index (χ4v) is 5.20. The van der Waals surface area contributed by atoms with Crippen LogP contribution in [0.15, 0.2) is 53.4 Å². The quantitative estimate of drug-likeness (QED) is 0.267. The molecule has 4 aromatic rings. The maximum atomic E-state index is 13.5. The Bertz CT molecular complexity index is 1380. The van der Waals surface area contributed by atoms with Crippen molar-refractivity contribution in [2.24, 2.45) is 7.05 Å². The summed E-state index contributed by atoms with van der Waals surface area (Å²) >= 11 is 1.57. The van der Waals surface area contributed by atoms with Crippen molar-refractivity contribution in [1.82, 2.24) is 24.6 Å². The Labute approximate surface area is 227 Å². The van der Waals surface area contributed by atoms with E-state index < -0.39 is 0 Å². The van der Waals surface area contributed by atoms with Gasteiger partial charge in [0.05, 0.1) is 22.9 Å². The van der Waals surface area contributed by atoms with Gasteiger partial charge < -0.3 is 9.64 Å².